The van der Waals surface area contributed by atoms with Gasteiger partial charge in [-0.3, -0.25) is 0 Å². The first-order valence-corrected chi connectivity index (χ1v) is 5.79. The van der Waals surface area contributed by atoms with Crippen LogP contribution in [0.3, 0.4) is 0 Å². The van der Waals surface area contributed by atoms with Crippen LogP contribution in [0.1, 0.15) is 23.6 Å². The molecule has 2 rings (SSSR count). The van der Waals surface area contributed by atoms with Gasteiger partial charge >= 0.3 is 0 Å². The fraction of sp³-hybridized carbons (Fsp3) is 0.333. The third kappa shape index (κ3) is 1.42. The van der Waals surface area contributed by atoms with Crippen molar-refractivity contribution >= 4 is 38.5 Å². The molecule has 1 aliphatic carbocycles. The van der Waals surface area contributed by atoms with Crippen LogP contribution >= 0.6 is 38.5 Å². The zero-order valence-corrected chi connectivity index (χ0v) is 10.2. The first kappa shape index (κ1) is 8.97. The summed E-state index contributed by atoms with van der Waals surface area (Å²) in [5.74, 6) is 0. The average Bonchev–Trinajstić information content (AvgIpc) is 2.35. The van der Waals surface area contributed by atoms with Crippen LogP contribution in [0.4, 0.5) is 0 Å². The molecule has 1 nitrogen and oxygen atoms in total. The Morgan fingerprint density at radius 2 is 2.25 bits per heavy atom. The van der Waals surface area contributed by atoms with Gasteiger partial charge in [0.2, 0.25) is 0 Å². The molecule has 0 aliphatic heterocycles. The molecule has 3 heteroatoms. The van der Waals surface area contributed by atoms with Crippen LogP contribution in [0, 0.1) is 3.57 Å². The number of aryl methyl sites for hydroxylation is 1. The van der Waals surface area contributed by atoms with Gasteiger partial charge in [-0.15, -0.1) is 0 Å². The van der Waals surface area contributed by atoms with Gasteiger partial charge in [-0.25, -0.2) is 0 Å². The van der Waals surface area contributed by atoms with Crippen molar-refractivity contribution in [3.05, 3.63) is 31.3 Å². The number of hydrogen-bond donors (Lipinski definition) is 1. The molecule has 0 saturated carbocycles. The van der Waals surface area contributed by atoms with E-state index >= 15 is 0 Å². The molecule has 0 amide bonds. The first-order chi connectivity index (χ1) is 5.68. The lowest BCUT2D eigenvalue weighted by Gasteiger charge is -2.06. The lowest BCUT2D eigenvalue weighted by atomic mass is 10.1. The van der Waals surface area contributed by atoms with Gasteiger partial charge in [0.05, 0.1) is 0 Å². The van der Waals surface area contributed by atoms with Gasteiger partial charge in [0.15, 0.2) is 0 Å². The van der Waals surface area contributed by atoms with Gasteiger partial charge < -0.3 is 5.73 Å². The van der Waals surface area contributed by atoms with Crippen molar-refractivity contribution in [2.24, 2.45) is 5.73 Å². The van der Waals surface area contributed by atoms with Crippen LogP contribution in [-0.2, 0) is 6.42 Å². The summed E-state index contributed by atoms with van der Waals surface area (Å²) in [7, 11) is 0. The number of benzene rings is 1. The van der Waals surface area contributed by atoms with E-state index in [0.29, 0.717) is 0 Å². The second kappa shape index (κ2) is 3.27. The van der Waals surface area contributed by atoms with Gasteiger partial charge in [-0.2, -0.15) is 0 Å². The van der Waals surface area contributed by atoms with Gasteiger partial charge in [0.25, 0.3) is 0 Å². The topological polar surface area (TPSA) is 26.0 Å². The monoisotopic (exact) mass is 337 g/mol. The van der Waals surface area contributed by atoms with Crippen molar-refractivity contribution in [3.63, 3.8) is 0 Å². The lowest BCUT2D eigenvalue weighted by Crippen LogP contribution is -2.05. The second-order valence-corrected chi connectivity index (χ2v) is 5.13. The SMILES string of the molecule is N[C@@H]1CCc2cc(I)c(Br)cc21. The molecule has 1 aromatic rings. The molecule has 0 unspecified atom stereocenters. The number of rotatable bonds is 0. The van der Waals surface area contributed by atoms with E-state index in [1.165, 1.54) is 19.2 Å². The van der Waals surface area contributed by atoms with Gasteiger partial charge in [-0.1, -0.05) is 0 Å². The quantitative estimate of drug-likeness (QED) is 0.724. The molecule has 0 bridgehead atoms. The van der Waals surface area contributed by atoms with E-state index in [0.717, 1.165) is 12.8 Å². The molecule has 64 valence electrons. The van der Waals surface area contributed by atoms with Gasteiger partial charge in [0, 0.05) is 14.1 Å². The van der Waals surface area contributed by atoms with Crippen molar-refractivity contribution < 1.29 is 0 Å². The summed E-state index contributed by atoms with van der Waals surface area (Å²) >= 11 is 5.85. The summed E-state index contributed by atoms with van der Waals surface area (Å²) in [6.07, 6.45) is 2.24. The van der Waals surface area contributed by atoms with Crippen molar-refractivity contribution in [2.45, 2.75) is 18.9 Å². The smallest absolute Gasteiger partial charge is 0.0312 e. The number of nitrogens with two attached hydrogens (primary N) is 1. The number of halogens is 2. The zero-order valence-electron chi connectivity index (χ0n) is 6.48. The summed E-state index contributed by atoms with van der Waals surface area (Å²) in [6.45, 7) is 0. The van der Waals surface area contributed by atoms with E-state index in [1.807, 2.05) is 0 Å². The van der Waals surface area contributed by atoms with E-state index in [2.05, 4.69) is 50.7 Å². The highest BCUT2D eigenvalue weighted by Gasteiger charge is 2.19. The highest BCUT2D eigenvalue weighted by molar-refractivity contribution is 14.1. The normalized spacial score (nSPS) is 21.1. The third-order valence-corrected chi connectivity index (χ3v) is 4.60. The van der Waals surface area contributed by atoms with Crippen LogP contribution < -0.4 is 5.73 Å². The Bertz CT molecular complexity index is 325. The van der Waals surface area contributed by atoms with Crippen molar-refractivity contribution in [1.82, 2.24) is 0 Å². The molecule has 1 atom stereocenters. The molecule has 0 spiro atoms. The lowest BCUT2D eigenvalue weighted by molar-refractivity contribution is 0.713. The predicted octanol–water partition coefficient (Wildman–Crippen LogP) is 3.00. The molecule has 0 saturated heterocycles. The van der Waals surface area contributed by atoms with E-state index in [-0.39, 0.29) is 6.04 Å². The van der Waals surface area contributed by atoms with Crippen molar-refractivity contribution in [2.75, 3.05) is 0 Å². The largest absolute Gasteiger partial charge is 0.324 e. The second-order valence-electron chi connectivity index (χ2n) is 3.11. The minimum atomic E-state index is 0.258. The Morgan fingerprint density at radius 3 is 3.00 bits per heavy atom. The van der Waals surface area contributed by atoms with Crippen LogP contribution in [0.5, 0.6) is 0 Å². The highest BCUT2D eigenvalue weighted by Crippen LogP contribution is 2.33. The Morgan fingerprint density at radius 1 is 1.50 bits per heavy atom. The molecule has 0 fully saturated rings. The van der Waals surface area contributed by atoms with Crippen LogP contribution in [-0.4, -0.2) is 0 Å². The Hall–Kier alpha value is 0.390. The summed E-state index contributed by atoms with van der Waals surface area (Å²) in [5, 5.41) is 0. The molecular formula is C9H9BrIN. The molecule has 12 heavy (non-hydrogen) atoms. The highest BCUT2D eigenvalue weighted by atomic mass is 127. The fourth-order valence-corrected chi connectivity index (χ4v) is 2.52. The zero-order chi connectivity index (χ0) is 8.72. The number of hydrogen-bond acceptors (Lipinski definition) is 1. The molecule has 0 radical (unpaired) electrons. The third-order valence-electron chi connectivity index (χ3n) is 2.31. The summed E-state index contributed by atoms with van der Waals surface area (Å²) < 4.78 is 2.44. The summed E-state index contributed by atoms with van der Waals surface area (Å²) in [5.41, 5.74) is 8.69. The molecule has 1 aromatic carbocycles. The van der Waals surface area contributed by atoms with E-state index in [4.69, 9.17) is 5.73 Å². The van der Waals surface area contributed by atoms with Gasteiger partial charge in [0.1, 0.15) is 0 Å². The van der Waals surface area contributed by atoms with Crippen LogP contribution in [0.15, 0.2) is 16.6 Å². The van der Waals surface area contributed by atoms with E-state index in [1.54, 1.807) is 0 Å². The maximum atomic E-state index is 5.94. The van der Waals surface area contributed by atoms with E-state index < -0.39 is 0 Å². The van der Waals surface area contributed by atoms with Crippen LogP contribution in [0.2, 0.25) is 0 Å². The standard InChI is InChI=1S/C9H9BrIN/c10-7-4-6-5(3-8(7)11)1-2-9(6)12/h3-4,9H,1-2,12H2/t9-/m1/s1. The average molecular weight is 338 g/mol. The van der Waals surface area contributed by atoms with Crippen LogP contribution in [0.25, 0.3) is 0 Å². The molecule has 2 N–H and O–H groups in total. The molecule has 0 heterocycles. The minimum absolute atomic E-state index is 0.258. The molecule has 1 aliphatic rings. The fourth-order valence-electron chi connectivity index (χ4n) is 1.63. The van der Waals surface area contributed by atoms with E-state index in [9.17, 15) is 0 Å². The number of fused-ring (bicyclic) bond motifs is 1. The molecule has 0 aromatic heterocycles. The first-order valence-electron chi connectivity index (χ1n) is 3.92. The Balaban J connectivity index is 2.56. The minimum Gasteiger partial charge on any atom is -0.324 e. The Kier molecular flexibility index (Phi) is 2.44. The summed E-state index contributed by atoms with van der Waals surface area (Å²) in [6, 6.07) is 4.65. The predicted molar refractivity (Wildman–Crippen MR) is 62.1 cm³/mol. The summed E-state index contributed by atoms with van der Waals surface area (Å²) in [4.78, 5) is 0. The van der Waals surface area contributed by atoms with Crippen molar-refractivity contribution in [1.29, 1.82) is 0 Å². The van der Waals surface area contributed by atoms with Gasteiger partial charge in [-0.05, 0) is 74.6 Å². The Labute approximate surface area is 94.0 Å². The van der Waals surface area contributed by atoms with Crippen molar-refractivity contribution in [3.8, 4) is 0 Å². The maximum Gasteiger partial charge on any atom is 0.0312 e. The maximum absolute atomic E-state index is 5.94. The molecular weight excluding hydrogens is 329 g/mol.